The van der Waals surface area contributed by atoms with Gasteiger partial charge in [0.1, 0.15) is 5.82 Å². The van der Waals surface area contributed by atoms with Crippen LogP contribution in [0.4, 0.5) is 23.1 Å². The molecular formula is C21H17ClN4. The Kier molecular flexibility index (Phi) is 4.42. The monoisotopic (exact) mass is 360 g/mol. The molecule has 0 radical (unpaired) electrons. The van der Waals surface area contributed by atoms with Crippen LogP contribution in [0.5, 0.6) is 0 Å². The van der Waals surface area contributed by atoms with Crippen LogP contribution >= 0.6 is 11.6 Å². The predicted octanol–water partition coefficient (Wildman–Crippen LogP) is 6.08. The van der Waals surface area contributed by atoms with Crippen molar-refractivity contribution in [1.29, 1.82) is 0 Å². The standard InChI is InChI=1S/C21H17ClN4/c1-14-17(22)11-7-13-18(14)24-21-25-19-12-6-5-10-16(19)20(26-21)23-15-8-3-2-4-9-15/h2-13H,1H3,(H2,23,24,25,26). The first-order chi connectivity index (χ1) is 12.7. The van der Waals surface area contributed by atoms with Gasteiger partial charge < -0.3 is 10.6 Å². The fourth-order valence-electron chi connectivity index (χ4n) is 2.75. The number of rotatable bonds is 4. The summed E-state index contributed by atoms with van der Waals surface area (Å²) in [6.07, 6.45) is 0. The molecule has 0 atom stereocenters. The summed E-state index contributed by atoms with van der Waals surface area (Å²) < 4.78 is 0. The van der Waals surface area contributed by atoms with E-state index in [0.29, 0.717) is 11.0 Å². The molecule has 0 spiro atoms. The first-order valence-corrected chi connectivity index (χ1v) is 8.69. The van der Waals surface area contributed by atoms with Crippen LogP contribution in [-0.2, 0) is 0 Å². The minimum absolute atomic E-state index is 0.521. The van der Waals surface area contributed by atoms with Crippen LogP contribution in [-0.4, -0.2) is 9.97 Å². The number of fused-ring (bicyclic) bond motifs is 1. The second-order valence-electron chi connectivity index (χ2n) is 5.94. The molecule has 0 saturated carbocycles. The van der Waals surface area contributed by atoms with Gasteiger partial charge in [-0.25, -0.2) is 4.98 Å². The molecule has 0 aliphatic heterocycles. The molecule has 1 aromatic heterocycles. The first kappa shape index (κ1) is 16.4. The van der Waals surface area contributed by atoms with E-state index in [-0.39, 0.29) is 0 Å². The van der Waals surface area contributed by atoms with Crippen LogP contribution < -0.4 is 10.6 Å². The molecule has 0 aliphatic carbocycles. The summed E-state index contributed by atoms with van der Waals surface area (Å²) in [5.41, 5.74) is 3.69. The van der Waals surface area contributed by atoms with Gasteiger partial charge in [-0.1, -0.05) is 48.0 Å². The third-order valence-corrected chi connectivity index (χ3v) is 4.56. The summed E-state index contributed by atoms with van der Waals surface area (Å²) in [5.74, 6) is 1.27. The number of nitrogens with one attached hydrogen (secondary N) is 2. The molecule has 0 unspecified atom stereocenters. The Hall–Kier alpha value is -3.11. The number of anilines is 4. The van der Waals surface area contributed by atoms with Gasteiger partial charge in [-0.05, 0) is 48.9 Å². The van der Waals surface area contributed by atoms with Gasteiger partial charge in [0.25, 0.3) is 0 Å². The number of hydrogen-bond acceptors (Lipinski definition) is 4. The quantitative estimate of drug-likeness (QED) is 0.463. The fraction of sp³-hybridized carbons (Fsp3) is 0.0476. The lowest BCUT2D eigenvalue weighted by atomic mass is 10.2. The molecular weight excluding hydrogens is 344 g/mol. The van der Waals surface area contributed by atoms with Crippen molar-refractivity contribution in [3.05, 3.63) is 83.4 Å². The van der Waals surface area contributed by atoms with Crippen molar-refractivity contribution in [2.75, 3.05) is 10.6 Å². The van der Waals surface area contributed by atoms with Crippen LogP contribution in [0.2, 0.25) is 5.02 Å². The Balaban J connectivity index is 1.77. The molecule has 0 aliphatic rings. The van der Waals surface area contributed by atoms with Gasteiger partial charge in [0.2, 0.25) is 5.95 Å². The Morgan fingerprint density at radius 3 is 2.38 bits per heavy atom. The van der Waals surface area contributed by atoms with E-state index in [4.69, 9.17) is 11.6 Å². The summed E-state index contributed by atoms with van der Waals surface area (Å²) in [4.78, 5) is 9.32. The van der Waals surface area contributed by atoms with E-state index in [2.05, 4.69) is 20.6 Å². The topological polar surface area (TPSA) is 49.8 Å². The molecule has 0 saturated heterocycles. The number of nitrogens with zero attached hydrogens (tertiary/aromatic N) is 2. The van der Waals surface area contributed by atoms with Gasteiger partial charge in [0.05, 0.1) is 5.52 Å². The lowest BCUT2D eigenvalue weighted by Crippen LogP contribution is -2.03. The summed E-state index contributed by atoms with van der Waals surface area (Å²) >= 11 is 6.22. The molecule has 1 heterocycles. The van der Waals surface area contributed by atoms with E-state index in [1.165, 1.54) is 0 Å². The molecule has 0 fully saturated rings. The highest BCUT2D eigenvalue weighted by atomic mass is 35.5. The van der Waals surface area contributed by atoms with E-state index in [1.807, 2.05) is 79.7 Å². The second kappa shape index (κ2) is 7.02. The zero-order valence-electron chi connectivity index (χ0n) is 14.2. The van der Waals surface area contributed by atoms with Crippen LogP contribution in [0.15, 0.2) is 72.8 Å². The number of benzene rings is 3. The number of para-hydroxylation sites is 2. The number of hydrogen-bond donors (Lipinski definition) is 2. The highest BCUT2D eigenvalue weighted by molar-refractivity contribution is 6.31. The van der Waals surface area contributed by atoms with Gasteiger partial charge in [-0.15, -0.1) is 0 Å². The zero-order chi connectivity index (χ0) is 17.9. The molecule has 4 aromatic rings. The Morgan fingerprint density at radius 2 is 1.54 bits per heavy atom. The van der Waals surface area contributed by atoms with Crippen LogP contribution in [0.25, 0.3) is 10.9 Å². The van der Waals surface area contributed by atoms with Gasteiger partial charge in [0.15, 0.2) is 0 Å². The van der Waals surface area contributed by atoms with Crippen molar-refractivity contribution < 1.29 is 0 Å². The van der Waals surface area contributed by atoms with Gasteiger partial charge in [-0.2, -0.15) is 4.98 Å². The SMILES string of the molecule is Cc1c(Cl)cccc1Nc1nc(Nc2ccccc2)c2ccccc2n1. The van der Waals surface area contributed by atoms with E-state index >= 15 is 0 Å². The van der Waals surface area contributed by atoms with E-state index in [9.17, 15) is 0 Å². The minimum Gasteiger partial charge on any atom is -0.340 e. The minimum atomic E-state index is 0.521. The van der Waals surface area contributed by atoms with Gasteiger partial charge in [-0.3, -0.25) is 0 Å². The Bertz CT molecular complexity index is 1060. The molecule has 0 amide bonds. The highest BCUT2D eigenvalue weighted by Gasteiger charge is 2.10. The number of aromatic nitrogens is 2. The molecule has 3 aromatic carbocycles. The smallest absolute Gasteiger partial charge is 0.229 e. The van der Waals surface area contributed by atoms with E-state index in [1.54, 1.807) is 0 Å². The maximum Gasteiger partial charge on any atom is 0.229 e. The molecule has 4 rings (SSSR count). The van der Waals surface area contributed by atoms with Crippen molar-refractivity contribution >= 4 is 45.6 Å². The average Bonchev–Trinajstić information content (AvgIpc) is 2.66. The van der Waals surface area contributed by atoms with Crippen LogP contribution in [0, 0.1) is 6.92 Å². The highest BCUT2D eigenvalue weighted by Crippen LogP contribution is 2.28. The molecule has 2 N–H and O–H groups in total. The van der Waals surface area contributed by atoms with Crippen molar-refractivity contribution in [3.63, 3.8) is 0 Å². The fourth-order valence-corrected chi connectivity index (χ4v) is 2.92. The molecule has 128 valence electrons. The first-order valence-electron chi connectivity index (χ1n) is 8.32. The van der Waals surface area contributed by atoms with Gasteiger partial charge in [0, 0.05) is 21.8 Å². The van der Waals surface area contributed by atoms with Gasteiger partial charge >= 0.3 is 0 Å². The summed E-state index contributed by atoms with van der Waals surface area (Å²) in [7, 11) is 0. The lowest BCUT2D eigenvalue weighted by Gasteiger charge is -2.13. The second-order valence-corrected chi connectivity index (χ2v) is 6.35. The number of halogens is 1. The molecule has 4 nitrogen and oxygen atoms in total. The van der Waals surface area contributed by atoms with Crippen molar-refractivity contribution in [2.24, 2.45) is 0 Å². The van der Waals surface area contributed by atoms with Crippen LogP contribution in [0.1, 0.15) is 5.56 Å². The predicted molar refractivity (Wildman–Crippen MR) is 109 cm³/mol. The van der Waals surface area contributed by atoms with E-state index in [0.717, 1.165) is 33.7 Å². The zero-order valence-corrected chi connectivity index (χ0v) is 15.0. The van der Waals surface area contributed by atoms with Crippen LogP contribution in [0.3, 0.4) is 0 Å². The molecule has 26 heavy (non-hydrogen) atoms. The summed E-state index contributed by atoms with van der Waals surface area (Å²) in [6, 6.07) is 23.6. The largest absolute Gasteiger partial charge is 0.340 e. The van der Waals surface area contributed by atoms with Crippen molar-refractivity contribution in [2.45, 2.75) is 6.92 Å². The summed E-state index contributed by atoms with van der Waals surface area (Å²) in [6.45, 7) is 1.97. The van der Waals surface area contributed by atoms with E-state index < -0.39 is 0 Å². The third kappa shape index (κ3) is 3.32. The molecule has 0 bridgehead atoms. The van der Waals surface area contributed by atoms with Crippen molar-refractivity contribution in [3.8, 4) is 0 Å². The maximum absolute atomic E-state index is 6.22. The Labute approximate surface area is 156 Å². The molecule has 5 heteroatoms. The summed E-state index contributed by atoms with van der Waals surface area (Å²) in [5, 5.41) is 8.34. The Morgan fingerprint density at radius 1 is 0.769 bits per heavy atom. The third-order valence-electron chi connectivity index (χ3n) is 4.15. The lowest BCUT2D eigenvalue weighted by molar-refractivity contribution is 1.20. The van der Waals surface area contributed by atoms with Crippen molar-refractivity contribution in [1.82, 2.24) is 9.97 Å². The maximum atomic E-state index is 6.22. The normalized spacial score (nSPS) is 10.7. The average molecular weight is 361 g/mol.